The third kappa shape index (κ3) is 1.65. The zero-order valence-corrected chi connectivity index (χ0v) is 11.3. The van der Waals surface area contributed by atoms with Gasteiger partial charge in [-0.05, 0) is 28.7 Å². The molecule has 0 aliphatic carbocycles. The molecule has 0 aromatic heterocycles. The smallest absolute Gasteiger partial charge is 0.0420 e. The van der Waals surface area contributed by atoms with Crippen LogP contribution in [0.1, 0.15) is 41.1 Å². The van der Waals surface area contributed by atoms with E-state index in [-0.39, 0.29) is 0 Å². The lowest BCUT2D eigenvalue weighted by atomic mass is 9.77. The van der Waals surface area contributed by atoms with Crippen molar-refractivity contribution in [3.63, 3.8) is 0 Å². The van der Waals surface area contributed by atoms with Gasteiger partial charge >= 0.3 is 0 Å². The lowest BCUT2D eigenvalue weighted by molar-refractivity contribution is 0.139. The maximum absolute atomic E-state index is 2.66. The Morgan fingerprint density at radius 3 is 2.42 bits per heavy atom. The van der Waals surface area contributed by atoms with Crippen LogP contribution in [0.5, 0.6) is 0 Å². The topological polar surface area (TPSA) is 3.24 Å². The van der Waals surface area contributed by atoms with Crippen LogP contribution >= 0.6 is 0 Å². The van der Waals surface area contributed by atoms with Crippen LogP contribution in [0.2, 0.25) is 0 Å². The number of rotatable bonds is 0. The van der Waals surface area contributed by atoms with E-state index in [0.29, 0.717) is 12.0 Å². The molecule has 0 spiro atoms. The van der Waals surface area contributed by atoms with Gasteiger partial charge in [0.2, 0.25) is 0 Å². The SMILES string of the molecule is CC1c2ccccc2CN2CCc3ccccc3C12. The van der Waals surface area contributed by atoms with Gasteiger partial charge in [-0.1, -0.05) is 55.5 Å². The van der Waals surface area contributed by atoms with Crippen LogP contribution in [0.3, 0.4) is 0 Å². The third-order valence-electron chi connectivity index (χ3n) is 4.83. The van der Waals surface area contributed by atoms with Crippen molar-refractivity contribution in [2.45, 2.75) is 31.8 Å². The monoisotopic (exact) mass is 249 g/mol. The van der Waals surface area contributed by atoms with Gasteiger partial charge in [0, 0.05) is 25.0 Å². The molecule has 1 heteroatoms. The summed E-state index contributed by atoms with van der Waals surface area (Å²) in [7, 11) is 0. The molecule has 0 radical (unpaired) electrons. The Morgan fingerprint density at radius 1 is 0.895 bits per heavy atom. The van der Waals surface area contributed by atoms with Crippen LogP contribution in [0, 0.1) is 0 Å². The molecule has 2 aromatic rings. The van der Waals surface area contributed by atoms with Crippen LogP contribution in [0.25, 0.3) is 0 Å². The Kier molecular flexibility index (Phi) is 2.49. The first kappa shape index (κ1) is 11.2. The number of hydrogen-bond acceptors (Lipinski definition) is 1. The molecule has 0 saturated heterocycles. The standard InChI is InChI=1S/C18H19N/c1-13-16-8-4-3-7-15(16)12-19-11-10-14-6-2-5-9-17(14)18(13)19/h2-9,13,18H,10-12H2,1H3. The van der Waals surface area contributed by atoms with Crippen molar-refractivity contribution in [3.05, 3.63) is 70.8 Å². The zero-order chi connectivity index (χ0) is 12.8. The molecule has 4 rings (SSSR count). The summed E-state index contributed by atoms with van der Waals surface area (Å²) in [5, 5.41) is 0. The van der Waals surface area contributed by atoms with E-state index in [0.717, 1.165) is 6.54 Å². The molecule has 0 amide bonds. The second kappa shape index (κ2) is 4.21. The molecule has 0 bridgehead atoms. The highest BCUT2D eigenvalue weighted by Gasteiger charge is 2.36. The van der Waals surface area contributed by atoms with Gasteiger partial charge in [-0.2, -0.15) is 0 Å². The minimum Gasteiger partial charge on any atom is -0.291 e. The molecule has 0 fully saturated rings. The van der Waals surface area contributed by atoms with Crippen molar-refractivity contribution in [2.75, 3.05) is 6.54 Å². The van der Waals surface area contributed by atoms with Crippen molar-refractivity contribution in [2.24, 2.45) is 0 Å². The molecule has 1 nitrogen and oxygen atoms in total. The molecule has 2 aliphatic rings. The second-order valence-corrected chi connectivity index (χ2v) is 5.85. The Hall–Kier alpha value is -1.60. The average molecular weight is 249 g/mol. The molecular weight excluding hydrogens is 230 g/mol. The second-order valence-electron chi connectivity index (χ2n) is 5.85. The van der Waals surface area contributed by atoms with Gasteiger partial charge < -0.3 is 0 Å². The van der Waals surface area contributed by atoms with Gasteiger partial charge in [-0.15, -0.1) is 0 Å². The predicted octanol–water partition coefficient (Wildman–Crippen LogP) is 3.90. The Balaban J connectivity index is 1.85. The Bertz CT molecular complexity index is 617. The van der Waals surface area contributed by atoms with E-state index < -0.39 is 0 Å². The summed E-state index contributed by atoms with van der Waals surface area (Å²) < 4.78 is 0. The maximum atomic E-state index is 2.66. The molecule has 0 N–H and O–H groups in total. The number of nitrogens with zero attached hydrogens (tertiary/aromatic N) is 1. The van der Waals surface area contributed by atoms with E-state index in [1.54, 1.807) is 16.7 Å². The number of hydrogen-bond donors (Lipinski definition) is 0. The third-order valence-corrected chi connectivity index (χ3v) is 4.83. The summed E-state index contributed by atoms with van der Waals surface area (Å²) in [5.41, 5.74) is 6.16. The van der Waals surface area contributed by atoms with Crippen LogP contribution in [0.15, 0.2) is 48.5 Å². The minimum atomic E-state index is 0.569. The maximum Gasteiger partial charge on any atom is 0.0420 e. The number of fused-ring (bicyclic) bond motifs is 4. The summed E-state index contributed by atoms with van der Waals surface area (Å²) >= 11 is 0. The molecule has 19 heavy (non-hydrogen) atoms. The summed E-state index contributed by atoms with van der Waals surface area (Å²) in [6, 6.07) is 18.5. The molecule has 0 saturated carbocycles. The molecule has 2 aliphatic heterocycles. The summed E-state index contributed by atoms with van der Waals surface area (Å²) in [6.45, 7) is 4.69. The van der Waals surface area contributed by atoms with Crippen molar-refractivity contribution < 1.29 is 0 Å². The van der Waals surface area contributed by atoms with E-state index in [1.807, 2.05) is 0 Å². The highest BCUT2D eigenvalue weighted by Crippen LogP contribution is 2.45. The van der Waals surface area contributed by atoms with Crippen molar-refractivity contribution in [3.8, 4) is 0 Å². The lowest BCUT2D eigenvalue weighted by Gasteiger charge is -2.45. The van der Waals surface area contributed by atoms with Crippen LogP contribution in [0.4, 0.5) is 0 Å². The molecule has 2 atom stereocenters. The lowest BCUT2D eigenvalue weighted by Crippen LogP contribution is -2.40. The molecule has 2 unspecified atom stereocenters. The molecule has 2 aromatic carbocycles. The molecule has 96 valence electrons. The first-order chi connectivity index (χ1) is 9.34. The van der Waals surface area contributed by atoms with Gasteiger partial charge in [0.1, 0.15) is 0 Å². The molecule has 2 heterocycles. The van der Waals surface area contributed by atoms with Gasteiger partial charge in [0.25, 0.3) is 0 Å². The van der Waals surface area contributed by atoms with Crippen molar-refractivity contribution >= 4 is 0 Å². The number of benzene rings is 2. The predicted molar refractivity (Wildman–Crippen MR) is 78.2 cm³/mol. The fraction of sp³-hybridized carbons (Fsp3) is 0.333. The van der Waals surface area contributed by atoms with E-state index in [1.165, 1.54) is 18.5 Å². The summed E-state index contributed by atoms with van der Waals surface area (Å²) in [5.74, 6) is 0.589. The van der Waals surface area contributed by atoms with Crippen LogP contribution in [-0.2, 0) is 13.0 Å². The highest BCUT2D eigenvalue weighted by atomic mass is 15.2. The average Bonchev–Trinajstić information content (AvgIpc) is 2.47. The Morgan fingerprint density at radius 2 is 1.58 bits per heavy atom. The largest absolute Gasteiger partial charge is 0.291 e. The summed E-state index contributed by atoms with van der Waals surface area (Å²) in [6.07, 6.45) is 1.20. The van der Waals surface area contributed by atoms with Crippen molar-refractivity contribution in [1.29, 1.82) is 0 Å². The minimum absolute atomic E-state index is 0.569. The van der Waals surface area contributed by atoms with Gasteiger partial charge in [-0.3, -0.25) is 4.90 Å². The summed E-state index contributed by atoms with van der Waals surface area (Å²) in [4.78, 5) is 2.66. The fourth-order valence-electron chi connectivity index (χ4n) is 3.92. The first-order valence-electron chi connectivity index (χ1n) is 7.24. The van der Waals surface area contributed by atoms with Crippen LogP contribution < -0.4 is 0 Å². The van der Waals surface area contributed by atoms with E-state index in [4.69, 9.17) is 0 Å². The fourth-order valence-corrected chi connectivity index (χ4v) is 3.92. The van der Waals surface area contributed by atoms with Crippen molar-refractivity contribution in [1.82, 2.24) is 4.90 Å². The highest BCUT2D eigenvalue weighted by molar-refractivity contribution is 5.41. The van der Waals surface area contributed by atoms with Gasteiger partial charge in [0.15, 0.2) is 0 Å². The van der Waals surface area contributed by atoms with Gasteiger partial charge in [-0.25, -0.2) is 0 Å². The Labute approximate surface area is 114 Å². The quantitative estimate of drug-likeness (QED) is 0.684. The normalized spacial score (nSPS) is 25.3. The zero-order valence-electron chi connectivity index (χ0n) is 11.3. The first-order valence-corrected chi connectivity index (χ1v) is 7.24. The molecular formula is C18H19N. The van der Waals surface area contributed by atoms with Gasteiger partial charge in [0.05, 0.1) is 0 Å². The van der Waals surface area contributed by atoms with E-state index in [2.05, 4.69) is 60.4 Å². The van der Waals surface area contributed by atoms with E-state index >= 15 is 0 Å². The van der Waals surface area contributed by atoms with E-state index in [9.17, 15) is 0 Å². The van der Waals surface area contributed by atoms with Crippen LogP contribution in [-0.4, -0.2) is 11.4 Å².